The lowest BCUT2D eigenvalue weighted by atomic mass is 10.1. The molecule has 1 heterocycles. The van der Waals surface area contributed by atoms with Crippen molar-refractivity contribution < 1.29 is 9.53 Å². The van der Waals surface area contributed by atoms with E-state index in [0.29, 0.717) is 24.5 Å². The minimum Gasteiger partial charge on any atom is -0.496 e. The number of hydrogen-bond acceptors (Lipinski definition) is 5. The summed E-state index contributed by atoms with van der Waals surface area (Å²) in [6.07, 6.45) is 3.82. The van der Waals surface area contributed by atoms with Gasteiger partial charge in [0.2, 0.25) is 5.95 Å². The van der Waals surface area contributed by atoms with Crippen molar-refractivity contribution in [1.29, 1.82) is 0 Å². The summed E-state index contributed by atoms with van der Waals surface area (Å²) in [6, 6.07) is 16.0. The zero-order valence-electron chi connectivity index (χ0n) is 17.1. The molecule has 3 aromatic rings. The monoisotopic (exact) mass is 390 g/mol. The number of carbonyl (C=O) groups excluding carboxylic acids is 1. The van der Waals surface area contributed by atoms with Gasteiger partial charge in [-0.25, -0.2) is 9.97 Å². The van der Waals surface area contributed by atoms with Crippen LogP contribution >= 0.6 is 0 Å². The molecule has 3 rings (SSSR count). The molecule has 0 spiro atoms. The van der Waals surface area contributed by atoms with Gasteiger partial charge in [-0.15, -0.1) is 0 Å². The molecule has 0 saturated heterocycles. The highest BCUT2D eigenvalue weighted by molar-refractivity contribution is 5.93. The van der Waals surface area contributed by atoms with Crippen molar-refractivity contribution >= 4 is 17.5 Å². The van der Waals surface area contributed by atoms with Gasteiger partial charge in [-0.1, -0.05) is 30.3 Å². The van der Waals surface area contributed by atoms with Gasteiger partial charge in [0.15, 0.2) is 0 Å². The van der Waals surface area contributed by atoms with Crippen LogP contribution in [-0.2, 0) is 6.42 Å². The molecule has 29 heavy (non-hydrogen) atoms. The predicted molar refractivity (Wildman–Crippen MR) is 115 cm³/mol. The Morgan fingerprint density at radius 2 is 1.86 bits per heavy atom. The number of hydrogen-bond donors (Lipinski definition) is 1. The molecule has 2 aromatic carbocycles. The van der Waals surface area contributed by atoms with E-state index >= 15 is 0 Å². The van der Waals surface area contributed by atoms with E-state index in [0.717, 1.165) is 23.5 Å². The number of benzene rings is 2. The lowest BCUT2D eigenvalue weighted by molar-refractivity contribution is 0.0953. The van der Waals surface area contributed by atoms with E-state index in [-0.39, 0.29) is 5.91 Å². The molecule has 0 fully saturated rings. The van der Waals surface area contributed by atoms with Gasteiger partial charge >= 0.3 is 0 Å². The van der Waals surface area contributed by atoms with Crippen LogP contribution in [0.2, 0.25) is 0 Å². The van der Waals surface area contributed by atoms with Gasteiger partial charge in [-0.2, -0.15) is 0 Å². The normalized spacial score (nSPS) is 10.4. The maximum Gasteiger partial charge on any atom is 0.254 e. The number of aromatic nitrogens is 2. The highest BCUT2D eigenvalue weighted by atomic mass is 16.5. The molecule has 0 atom stereocenters. The third-order valence-electron chi connectivity index (χ3n) is 4.64. The number of nitrogens with zero attached hydrogens (tertiary/aromatic N) is 3. The van der Waals surface area contributed by atoms with Crippen molar-refractivity contribution in [3.05, 3.63) is 77.6 Å². The van der Waals surface area contributed by atoms with Crippen LogP contribution in [0.5, 0.6) is 5.75 Å². The number of amides is 1. The average Bonchev–Trinajstić information content (AvgIpc) is 2.75. The number of aryl methyl sites for hydroxylation is 1. The molecule has 0 unspecified atom stereocenters. The second-order valence-electron chi connectivity index (χ2n) is 6.67. The minimum atomic E-state index is -0.190. The molecule has 1 amide bonds. The Hall–Kier alpha value is -3.41. The Bertz CT molecular complexity index is 957. The molecule has 1 aromatic heterocycles. The number of anilines is 2. The summed E-state index contributed by atoms with van der Waals surface area (Å²) < 4.78 is 5.34. The number of para-hydroxylation sites is 1. The smallest absolute Gasteiger partial charge is 0.254 e. The largest absolute Gasteiger partial charge is 0.496 e. The maximum atomic E-state index is 12.4. The first-order valence-corrected chi connectivity index (χ1v) is 9.68. The van der Waals surface area contributed by atoms with Crippen molar-refractivity contribution in [2.24, 2.45) is 0 Å². The van der Waals surface area contributed by atoms with Crippen LogP contribution < -0.4 is 15.0 Å². The van der Waals surface area contributed by atoms with Gasteiger partial charge in [0, 0.05) is 31.2 Å². The molecule has 0 aliphatic heterocycles. The molecule has 6 heteroatoms. The van der Waals surface area contributed by atoms with E-state index in [2.05, 4.69) is 34.3 Å². The van der Waals surface area contributed by atoms with Crippen molar-refractivity contribution in [2.75, 3.05) is 25.1 Å². The quantitative estimate of drug-likeness (QED) is 0.631. The molecule has 0 saturated carbocycles. The summed E-state index contributed by atoms with van der Waals surface area (Å²) in [6.45, 7) is 5.33. The molecule has 1 N–H and O–H groups in total. The first-order chi connectivity index (χ1) is 14.1. The molecule has 0 aliphatic rings. The maximum absolute atomic E-state index is 12.4. The number of methoxy groups -OCH3 is 1. The molecule has 0 aliphatic carbocycles. The van der Waals surface area contributed by atoms with Crippen molar-refractivity contribution in [3.8, 4) is 5.75 Å². The van der Waals surface area contributed by atoms with E-state index in [4.69, 9.17) is 4.74 Å². The summed E-state index contributed by atoms with van der Waals surface area (Å²) in [4.78, 5) is 23.2. The van der Waals surface area contributed by atoms with E-state index in [1.54, 1.807) is 19.5 Å². The topological polar surface area (TPSA) is 67.4 Å². The highest BCUT2D eigenvalue weighted by Crippen LogP contribution is 2.22. The van der Waals surface area contributed by atoms with Crippen LogP contribution in [0, 0.1) is 6.92 Å². The Labute approximate surface area is 171 Å². The van der Waals surface area contributed by atoms with Crippen molar-refractivity contribution in [1.82, 2.24) is 15.3 Å². The molecule has 0 radical (unpaired) electrons. The van der Waals surface area contributed by atoms with E-state index < -0.39 is 0 Å². The van der Waals surface area contributed by atoms with Crippen molar-refractivity contribution in [2.45, 2.75) is 20.3 Å². The number of rotatable bonds is 8. The van der Waals surface area contributed by atoms with Gasteiger partial charge < -0.3 is 15.0 Å². The average molecular weight is 390 g/mol. The second-order valence-corrected chi connectivity index (χ2v) is 6.67. The zero-order chi connectivity index (χ0) is 20.6. The standard InChI is InChI=1S/C23H26N4O2/c1-4-27(20-10-7-8-17(2)14-20)23-25-15-19(16-26-23)22(28)24-13-12-18-9-5-6-11-21(18)29-3/h5-11,14-16H,4,12-13H2,1-3H3,(H,24,28). The number of nitrogens with one attached hydrogen (secondary N) is 1. The first kappa shape index (κ1) is 20.3. The van der Waals surface area contributed by atoms with E-state index in [1.807, 2.05) is 48.2 Å². The highest BCUT2D eigenvalue weighted by Gasteiger charge is 2.13. The Morgan fingerprint density at radius 3 is 2.55 bits per heavy atom. The van der Waals surface area contributed by atoms with E-state index in [9.17, 15) is 4.79 Å². The summed E-state index contributed by atoms with van der Waals surface area (Å²) in [5.41, 5.74) is 3.70. The van der Waals surface area contributed by atoms with Crippen LogP contribution in [0.1, 0.15) is 28.4 Å². The molecular weight excluding hydrogens is 364 g/mol. The fourth-order valence-corrected chi connectivity index (χ4v) is 3.14. The molecule has 150 valence electrons. The molecule has 0 bridgehead atoms. The number of carbonyl (C=O) groups is 1. The summed E-state index contributed by atoms with van der Waals surface area (Å²) in [5, 5.41) is 2.91. The molecular formula is C23H26N4O2. The van der Waals surface area contributed by atoms with Gasteiger partial charge in [-0.3, -0.25) is 4.79 Å². The SMILES string of the molecule is CCN(c1cccc(C)c1)c1ncc(C(=O)NCCc2ccccc2OC)cn1. The zero-order valence-corrected chi connectivity index (χ0v) is 17.1. The van der Waals surface area contributed by atoms with Crippen LogP contribution in [0.15, 0.2) is 60.9 Å². The molecule has 6 nitrogen and oxygen atoms in total. The van der Waals surface area contributed by atoms with Crippen LogP contribution in [0.4, 0.5) is 11.6 Å². The van der Waals surface area contributed by atoms with Gasteiger partial charge in [0.25, 0.3) is 5.91 Å². The third kappa shape index (κ3) is 5.10. The Kier molecular flexibility index (Phi) is 6.79. The third-order valence-corrected chi connectivity index (χ3v) is 4.64. The lowest BCUT2D eigenvalue weighted by Crippen LogP contribution is -2.26. The van der Waals surface area contributed by atoms with Crippen LogP contribution in [-0.4, -0.2) is 36.1 Å². The van der Waals surface area contributed by atoms with Crippen molar-refractivity contribution in [3.63, 3.8) is 0 Å². The summed E-state index contributed by atoms with van der Waals surface area (Å²) in [7, 11) is 1.65. The minimum absolute atomic E-state index is 0.190. The summed E-state index contributed by atoms with van der Waals surface area (Å²) in [5.74, 6) is 1.21. The van der Waals surface area contributed by atoms with Gasteiger partial charge in [0.1, 0.15) is 5.75 Å². The van der Waals surface area contributed by atoms with Crippen LogP contribution in [0.3, 0.4) is 0 Å². The lowest BCUT2D eigenvalue weighted by Gasteiger charge is -2.21. The fraction of sp³-hybridized carbons (Fsp3) is 0.261. The van der Waals surface area contributed by atoms with E-state index in [1.165, 1.54) is 5.56 Å². The Balaban J connectivity index is 1.62. The fourth-order valence-electron chi connectivity index (χ4n) is 3.14. The van der Waals surface area contributed by atoms with Gasteiger partial charge in [-0.05, 0) is 49.6 Å². The van der Waals surface area contributed by atoms with Crippen LogP contribution in [0.25, 0.3) is 0 Å². The predicted octanol–water partition coefficient (Wildman–Crippen LogP) is 3.92. The number of ether oxygens (including phenoxy) is 1. The van der Waals surface area contributed by atoms with Gasteiger partial charge in [0.05, 0.1) is 12.7 Å². The Morgan fingerprint density at radius 1 is 1.10 bits per heavy atom. The first-order valence-electron chi connectivity index (χ1n) is 9.68. The second kappa shape index (κ2) is 9.68. The summed E-state index contributed by atoms with van der Waals surface area (Å²) >= 11 is 0.